The minimum absolute atomic E-state index is 0.0622. The average Bonchev–Trinajstić information content (AvgIpc) is 3.46. The second-order valence-electron chi connectivity index (χ2n) is 7.21. The molecule has 2 heterocycles. The summed E-state index contributed by atoms with van der Waals surface area (Å²) in [5.41, 5.74) is 0.917. The van der Waals surface area contributed by atoms with Crippen LogP contribution in [0.4, 0.5) is 5.82 Å². The predicted octanol–water partition coefficient (Wildman–Crippen LogP) is 0.852. The molecule has 144 valence electrons. The second kappa shape index (κ2) is 7.38. The fourth-order valence-corrected chi connectivity index (χ4v) is 3.47. The number of carbonyl (C=O) groups excluding carboxylic acids is 3. The molecule has 1 aliphatic carbocycles. The summed E-state index contributed by atoms with van der Waals surface area (Å²) in [6.45, 7) is 0.0622. The number of aromatic hydroxyl groups is 1. The van der Waals surface area contributed by atoms with Crippen LogP contribution in [0.3, 0.4) is 0 Å². The fraction of sp³-hybridized carbons (Fsp3) is 0.350. The van der Waals surface area contributed by atoms with Crippen LogP contribution in [0.2, 0.25) is 0 Å². The van der Waals surface area contributed by atoms with Gasteiger partial charge < -0.3 is 10.4 Å². The first-order valence-electron chi connectivity index (χ1n) is 9.25. The van der Waals surface area contributed by atoms with E-state index < -0.39 is 23.5 Å². The molecule has 8 nitrogen and oxygen atoms in total. The molecule has 0 radical (unpaired) electrons. The summed E-state index contributed by atoms with van der Waals surface area (Å²) in [4.78, 5) is 39.6. The van der Waals surface area contributed by atoms with E-state index in [0.717, 1.165) is 18.4 Å². The number of Topliss-reactive ketones (excluding diaryl/α,β-unsaturated/α-hetero) is 1. The van der Waals surface area contributed by atoms with E-state index in [1.165, 1.54) is 17.0 Å². The lowest BCUT2D eigenvalue weighted by molar-refractivity contribution is -0.141. The smallest absolute Gasteiger partial charge is 0.287 e. The number of hydrogen-bond donors (Lipinski definition) is 2. The van der Waals surface area contributed by atoms with Gasteiger partial charge in [0, 0.05) is 18.7 Å². The van der Waals surface area contributed by atoms with Crippen LogP contribution in [0, 0.1) is 11.8 Å². The lowest BCUT2D eigenvalue weighted by Gasteiger charge is -2.15. The molecule has 2 fully saturated rings. The van der Waals surface area contributed by atoms with E-state index in [9.17, 15) is 19.5 Å². The Morgan fingerprint density at radius 1 is 1.11 bits per heavy atom. The summed E-state index contributed by atoms with van der Waals surface area (Å²) in [5.74, 6) is -2.90. The Hall–Kier alpha value is -3.29. The molecule has 1 saturated heterocycles. The Kier molecular flexibility index (Phi) is 4.77. The number of rotatable bonds is 6. The zero-order valence-corrected chi connectivity index (χ0v) is 15.1. The van der Waals surface area contributed by atoms with E-state index >= 15 is 0 Å². The Morgan fingerprint density at radius 3 is 2.50 bits per heavy atom. The van der Waals surface area contributed by atoms with Crippen molar-refractivity contribution >= 4 is 23.4 Å². The van der Waals surface area contributed by atoms with Crippen molar-refractivity contribution < 1.29 is 19.5 Å². The van der Waals surface area contributed by atoms with Gasteiger partial charge in [0.15, 0.2) is 5.82 Å². The quantitative estimate of drug-likeness (QED) is 0.719. The van der Waals surface area contributed by atoms with Crippen molar-refractivity contribution in [3.8, 4) is 5.88 Å². The molecule has 8 heteroatoms. The van der Waals surface area contributed by atoms with Gasteiger partial charge in [0.25, 0.3) is 5.91 Å². The zero-order chi connectivity index (χ0) is 19.7. The summed E-state index contributed by atoms with van der Waals surface area (Å²) in [5, 5.41) is 19.5. The molecule has 0 unspecified atom stereocenters. The fourth-order valence-electron chi connectivity index (χ4n) is 3.47. The van der Waals surface area contributed by atoms with Crippen molar-refractivity contribution in [1.29, 1.82) is 0 Å². The highest BCUT2D eigenvalue weighted by Gasteiger charge is 2.47. The minimum atomic E-state index is -0.762. The van der Waals surface area contributed by atoms with Crippen LogP contribution in [-0.4, -0.2) is 45.5 Å². The Balaban J connectivity index is 1.60. The molecule has 1 aromatic carbocycles. The van der Waals surface area contributed by atoms with E-state index in [1.54, 1.807) is 0 Å². The van der Waals surface area contributed by atoms with Crippen LogP contribution in [0.1, 0.15) is 18.4 Å². The molecule has 2 N–H and O–H groups in total. The van der Waals surface area contributed by atoms with Gasteiger partial charge in [-0.15, -0.1) is 10.2 Å². The lowest BCUT2D eigenvalue weighted by atomic mass is 9.86. The molecular formula is C20H20N4O4. The van der Waals surface area contributed by atoms with Gasteiger partial charge >= 0.3 is 0 Å². The standard InChI is InChI=1S/C20H20N4O4/c25-17-9-8-16(22-23-17)24-11-15(18(26)19(27)21-13-6-7-13)14(20(24)28)10-12-4-2-1-3-5-12/h1-5,8-9,13-15H,6-7,10-11H2,(H,21,27)(H,23,25)/t14-,15+/m1/s1. The van der Waals surface area contributed by atoms with Gasteiger partial charge in [-0.2, -0.15) is 0 Å². The van der Waals surface area contributed by atoms with E-state index in [2.05, 4.69) is 15.5 Å². The number of benzene rings is 1. The number of nitrogens with one attached hydrogen (secondary N) is 1. The Morgan fingerprint density at radius 2 is 1.86 bits per heavy atom. The highest BCUT2D eigenvalue weighted by molar-refractivity contribution is 6.38. The molecule has 2 atom stereocenters. The summed E-state index contributed by atoms with van der Waals surface area (Å²) in [6.07, 6.45) is 2.12. The van der Waals surface area contributed by atoms with Gasteiger partial charge in [-0.3, -0.25) is 19.3 Å². The molecule has 0 bridgehead atoms. The second-order valence-corrected chi connectivity index (χ2v) is 7.21. The zero-order valence-electron chi connectivity index (χ0n) is 15.1. The normalized spacial score (nSPS) is 21.6. The van der Waals surface area contributed by atoms with Crippen molar-refractivity contribution in [1.82, 2.24) is 15.5 Å². The summed E-state index contributed by atoms with van der Waals surface area (Å²) >= 11 is 0. The first-order chi connectivity index (χ1) is 13.5. The molecule has 1 saturated carbocycles. The van der Waals surface area contributed by atoms with E-state index in [-0.39, 0.29) is 30.2 Å². The van der Waals surface area contributed by atoms with Gasteiger partial charge in [-0.25, -0.2) is 0 Å². The first kappa shape index (κ1) is 18.1. The maximum Gasteiger partial charge on any atom is 0.287 e. The predicted molar refractivity (Wildman–Crippen MR) is 99.3 cm³/mol. The third-order valence-electron chi connectivity index (χ3n) is 5.13. The minimum Gasteiger partial charge on any atom is -0.492 e. The molecule has 4 rings (SSSR count). The van der Waals surface area contributed by atoms with Crippen molar-refractivity contribution in [2.45, 2.75) is 25.3 Å². The van der Waals surface area contributed by atoms with Crippen LogP contribution >= 0.6 is 0 Å². The van der Waals surface area contributed by atoms with Crippen molar-refractivity contribution in [2.24, 2.45) is 11.8 Å². The number of anilines is 1. The van der Waals surface area contributed by atoms with E-state index in [0.29, 0.717) is 6.42 Å². The van der Waals surface area contributed by atoms with Gasteiger partial charge in [-0.1, -0.05) is 30.3 Å². The van der Waals surface area contributed by atoms with Crippen molar-refractivity contribution in [3.63, 3.8) is 0 Å². The van der Waals surface area contributed by atoms with Gasteiger partial charge in [0.1, 0.15) is 0 Å². The first-order valence-corrected chi connectivity index (χ1v) is 9.25. The van der Waals surface area contributed by atoms with Crippen LogP contribution in [0.15, 0.2) is 42.5 Å². The van der Waals surface area contributed by atoms with Crippen molar-refractivity contribution in [2.75, 3.05) is 11.4 Å². The van der Waals surface area contributed by atoms with Crippen LogP contribution in [0.5, 0.6) is 5.88 Å². The summed E-state index contributed by atoms with van der Waals surface area (Å²) < 4.78 is 0. The lowest BCUT2D eigenvalue weighted by Crippen LogP contribution is -2.39. The van der Waals surface area contributed by atoms with E-state index in [4.69, 9.17) is 0 Å². The Bertz CT molecular complexity index is 896. The highest BCUT2D eigenvalue weighted by atomic mass is 16.3. The number of amides is 2. The van der Waals surface area contributed by atoms with Gasteiger partial charge in [-0.05, 0) is 30.9 Å². The third kappa shape index (κ3) is 3.71. The maximum atomic E-state index is 13.1. The average molecular weight is 380 g/mol. The van der Waals surface area contributed by atoms with Crippen LogP contribution < -0.4 is 10.2 Å². The number of hydrogen-bond acceptors (Lipinski definition) is 6. The monoisotopic (exact) mass is 380 g/mol. The largest absolute Gasteiger partial charge is 0.492 e. The highest BCUT2D eigenvalue weighted by Crippen LogP contribution is 2.32. The third-order valence-corrected chi connectivity index (χ3v) is 5.13. The molecule has 1 aliphatic heterocycles. The topological polar surface area (TPSA) is 112 Å². The number of ketones is 1. The number of aromatic nitrogens is 2. The van der Waals surface area contributed by atoms with Gasteiger partial charge in [0.2, 0.25) is 17.6 Å². The summed E-state index contributed by atoms with van der Waals surface area (Å²) in [6, 6.07) is 12.3. The molecule has 1 aromatic heterocycles. The van der Waals surface area contributed by atoms with Crippen LogP contribution in [-0.2, 0) is 20.8 Å². The molecule has 2 aromatic rings. The SMILES string of the molecule is O=C(NC1CC1)C(=O)[C@H]1CN(c2ccc(O)nn2)C(=O)[C@@H]1Cc1ccccc1. The van der Waals surface area contributed by atoms with Crippen LogP contribution in [0.25, 0.3) is 0 Å². The Labute approximate surface area is 161 Å². The molecule has 2 amide bonds. The molecule has 0 spiro atoms. The molecular weight excluding hydrogens is 360 g/mol. The summed E-state index contributed by atoms with van der Waals surface area (Å²) in [7, 11) is 0. The van der Waals surface area contributed by atoms with E-state index in [1.807, 2.05) is 30.3 Å². The number of nitrogens with zero attached hydrogens (tertiary/aromatic N) is 3. The number of carbonyl (C=O) groups is 3. The van der Waals surface area contributed by atoms with Gasteiger partial charge in [0.05, 0.1) is 11.8 Å². The van der Waals surface area contributed by atoms with Crippen molar-refractivity contribution in [3.05, 3.63) is 48.0 Å². The molecule has 2 aliphatic rings. The molecule has 28 heavy (non-hydrogen) atoms. The maximum absolute atomic E-state index is 13.1.